The van der Waals surface area contributed by atoms with Crippen molar-refractivity contribution in [3.8, 4) is 5.75 Å². The van der Waals surface area contributed by atoms with Crippen molar-refractivity contribution in [1.29, 1.82) is 0 Å². The summed E-state index contributed by atoms with van der Waals surface area (Å²) < 4.78 is 42.0. The number of amides is 2. The molecular formula is C18H17F3N2O3. The monoisotopic (exact) mass is 366 g/mol. The van der Waals surface area contributed by atoms with Gasteiger partial charge in [-0.25, -0.2) is 0 Å². The third-order valence-corrected chi connectivity index (χ3v) is 3.54. The Hall–Kier alpha value is -3.03. The number of aryl methyl sites for hydroxylation is 1. The molecule has 2 N–H and O–H groups in total. The molecule has 0 saturated carbocycles. The fourth-order valence-electron chi connectivity index (χ4n) is 2.22. The molecule has 0 heterocycles. The van der Waals surface area contributed by atoms with E-state index in [1.54, 1.807) is 23.5 Å². The molecule has 0 aliphatic carbocycles. The Kier molecular flexibility index (Phi) is 5.86. The van der Waals surface area contributed by atoms with Gasteiger partial charge in [0.1, 0.15) is 12.3 Å². The van der Waals surface area contributed by atoms with Crippen LogP contribution in [0.5, 0.6) is 5.75 Å². The van der Waals surface area contributed by atoms with Crippen molar-refractivity contribution in [3.05, 3.63) is 59.2 Å². The molecule has 0 spiro atoms. The Labute approximate surface area is 148 Å². The van der Waals surface area contributed by atoms with Gasteiger partial charge in [0.2, 0.25) is 0 Å². The molecule has 5 nitrogen and oxygen atoms in total. The van der Waals surface area contributed by atoms with Gasteiger partial charge in [-0.1, -0.05) is 18.2 Å². The molecular weight excluding hydrogens is 349 g/mol. The molecule has 2 rings (SSSR count). The zero-order valence-corrected chi connectivity index (χ0v) is 14.1. The number of halogens is 3. The predicted octanol–water partition coefficient (Wildman–Crippen LogP) is 3.55. The Bertz CT molecular complexity index is 820. The van der Waals surface area contributed by atoms with Gasteiger partial charge in [0, 0.05) is 5.56 Å². The van der Waals surface area contributed by atoms with Gasteiger partial charge < -0.3 is 15.4 Å². The largest absolute Gasteiger partial charge is 0.496 e. The highest BCUT2D eigenvalue weighted by Crippen LogP contribution is 2.21. The summed E-state index contributed by atoms with van der Waals surface area (Å²) in [4.78, 5) is 24.4. The van der Waals surface area contributed by atoms with Crippen LogP contribution in [0, 0.1) is 6.92 Å². The summed E-state index contributed by atoms with van der Waals surface area (Å²) in [6, 6.07) is 10.6. The minimum absolute atomic E-state index is 0.0656. The zero-order chi connectivity index (χ0) is 19.3. The van der Waals surface area contributed by atoms with Crippen LogP contribution in [0.2, 0.25) is 0 Å². The Morgan fingerprint density at radius 2 is 1.77 bits per heavy atom. The van der Waals surface area contributed by atoms with Crippen LogP contribution in [-0.2, 0) is 0 Å². The maximum Gasteiger partial charge on any atom is 0.405 e. The molecule has 138 valence electrons. The van der Waals surface area contributed by atoms with Gasteiger partial charge in [0.25, 0.3) is 11.8 Å². The number of carbonyl (C=O) groups excluding carboxylic acids is 2. The van der Waals surface area contributed by atoms with Crippen molar-refractivity contribution < 1.29 is 27.5 Å². The lowest BCUT2D eigenvalue weighted by Crippen LogP contribution is -2.34. The number of benzene rings is 2. The zero-order valence-electron chi connectivity index (χ0n) is 14.1. The molecule has 0 fully saturated rings. The van der Waals surface area contributed by atoms with Crippen molar-refractivity contribution in [1.82, 2.24) is 5.32 Å². The van der Waals surface area contributed by atoms with Crippen LogP contribution >= 0.6 is 0 Å². The van der Waals surface area contributed by atoms with Gasteiger partial charge in [-0.3, -0.25) is 9.59 Å². The standard InChI is InChI=1S/C18H17F3N2O3/c1-11-7-8-12(9-15(11)26-2)16(24)23-14-6-4-3-5-13(14)17(25)22-10-18(19,20)21/h3-9H,10H2,1-2H3,(H,22,25)(H,23,24). The van der Waals surface area contributed by atoms with E-state index in [1.165, 1.54) is 31.4 Å². The fourth-order valence-corrected chi connectivity index (χ4v) is 2.22. The summed E-state index contributed by atoms with van der Waals surface area (Å²) in [5.41, 5.74) is 1.18. The quantitative estimate of drug-likeness (QED) is 0.850. The second kappa shape index (κ2) is 7.90. The van der Waals surface area contributed by atoms with Crippen molar-refractivity contribution in [3.63, 3.8) is 0 Å². The number of rotatable bonds is 5. The average Bonchev–Trinajstić information content (AvgIpc) is 2.59. The van der Waals surface area contributed by atoms with Gasteiger partial charge in [0.15, 0.2) is 0 Å². The van der Waals surface area contributed by atoms with Gasteiger partial charge >= 0.3 is 6.18 Å². The van der Waals surface area contributed by atoms with E-state index in [0.717, 1.165) is 5.56 Å². The van der Waals surface area contributed by atoms with Crippen LogP contribution in [0.25, 0.3) is 0 Å². The normalized spacial score (nSPS) is 11.0. The lowest BCUT2D eigenvalue weighted by atomic mass is 10.1. The Balaban J connectivity index is 2.19. The fraction of sp³-hybridized carbons (Fsp3) is 0.222. The minimum atomic E-state index is -4.52. The lowest BCUT2D eigenvalue weighted by molar-refractivity contribution is -0.123. The van der Waals surface area contributed by atoms with Crippen LogP contribution in [0.1, 0.15) is 26.3 Å². The first-order valence-electron chi connectivity index (χ1n) is 7.61. The SMILES string of the molecule is COc1cc(C(=O)Nc2ccccc2C(=O)NCC(F)(F)F)ccc1C. The second-order valence-corrected chi connectivity index (χ2v) is 5.48. The van der Waals surface area contributed by atoms with Gasteiger partial charge in [-0.2, -0.15) is 13.2 Å². The molecule has 0 atom stereocenters. The number of hydrogen-bond acceptors (Lipinski definition) is 3. The summed E-state index contributed by atoms with van der Waals surface area (Å²) >= 11 is 0. The average molecular weight is 366 g/mol. The molecule has 0 bridgehead atoms. The highest BCUT2D eigenvalue weighted by molar-refractivity contribution is 6.09. The van der Waals surface area contributed by atoms with Crippen molar-refractivity contribution >= 4 is 17.5 Å². The van der Waals surface area contributed by atoms with E-state index >= 15 is 0 Å². The number of carbonyl (C=O) groups is 2. The molecule has 8 heteroatoms. The third-order valence-electron chi connectivity index (χ3n) is 3.54. The van der Waals surface area contributed by atoms with Crippen molar-refractivity contribution in [2.45, 2.75) is 13.1 Å². The summed E-state index contributed by atoms with van der Waals surface area (Å²) in [5, 5.41) is 4.32. The van der Waals surface area contributed by atoms with E-state index in [1.807, 2.05) is 6.92 Å². The maximum atomic E-state index is 12.4. The summed E-state index contributed by atoms with van der Waals surface area (Å²) in [7, 11) is 1.48. The summed E-state index contributed by atoms with van der Waals surface area (Å²) in [6.07, 6.45) is -4.52. The third kappa shape index (κ3) is 4.98. The molecule has 2 amide bonds. The maximum absolute atomic E-state index is 12.4. The molecule has 0 aliphatic heterocycles. The van der Waals surface area contributed by atoms with E-state index < -0.39 is 24.5 Å². The number of anilines is 1. The smallest absolute Gasteiger partial charge is 0.405 e. The van der Waals surface area contributed by atoms with Crippen LogP contribution in [0.15, 0.2) is 42.5 Å². The molecule has 0 radical (unpaired) electrons. The molecule has 0 aliphatic rings. The first kappa shape index (κ1) is 19.3. The Morgan fingerprint density at radius 3 is 2.42 bits per heavy atom. The number of nitrogens with one attached hydrogen (secondary N) is 2. The number of alkyl halides is 3. The summed E-state index contributed by atoms with van der Waals surface area (Å²) in [6.45, 7) is 0.365. The summed E-state index contributed by atoms with van der Waals surface area (Å²) in [5.74, 6) is -0.923. The van der Waals surface area contributed by atoms with Crippen LogP contribution in [-0.4, -0.2) is 31.6 Å². The molecule has 0 unspecified atom stereocenters. The molecule has 26 heavy (non-hydrogen) atoms. The second-order valence-electron chi connectivity index (χ2n) is 5.48. The van der Waals surface area contributed by atoms with Gasteiger partial charge in [0.05, 0.1) is 18.4 Å². The lowest BCUT2D eigenvalue weighted by Gasteiger charge is -2.13. The number of hydrogen-bond donors (Lipinski definition) is 2. The first-order chi connectivity index (χ1) is 12.2. The first-order valence-corrected chi connectivity index (χ1v) is 7.61. The number of para-hydroxylation sites is 1. The van der Waals surface area contributed by atoms with Crippen LogP contribution in [0.4, 0.5) is 18.9 Å². The molecule has 0 aromatic heterocycles. The predicted molar refractivity (Wildman–Crippen MR) is 90.5 cm³/mol. The topological polar surface area (TPSA) is 67.4 Å². The Morgan fingerprint density at radius 1 is 1.08 bits per heavy atom. The van der Waals surface area contributed by atoms with E-state index in [9.17, 15) is 22.8 Å². The molecule has 2 aromatic rings. The number of ether oxygens (including phenoxy) is 1. The van der Waals surface area contributed by atoms with E-state index in [2.05, 4.69) is 5.32 Å². The van der Waals surface area contributed by atoms with Crippen LogP contribution < -0.4 is 15.4 Å². The minimum Gasteiger partial charge on any atom is -0.496 e. The van der Waals surface area contributed by atoms with E-state index in [4.69, 9.17) is 4.74 Å². The van der Waals surface area contributed by atoms with Crippen molar-refractivity contribution in [2.75, 3.05) is 19.0 Å². The highest BCUT2D eigenvalue weighted by atomic mass is 19.4. The van der Waals surface area contributed by atoms with Crippen LogP contribution in [0.3, 0.4) is 0 Å². The van der Waals surface area contributed by atoms with Gasteiger partial charge in [-0.15, -0.1) is 0 Å². The molecule has 2 aromatic carbocycles. The van der Waals surface area contributed by atoms with E-state index in [-0.39, 0.29) is 16.8 Å². The molecule has 0 saturated heterocycles. The number of methoxy groups -OCH3 is 1. The van der Waals surface area contributed by atoms with Crippen molar-refractivity contribution in [2.24, 2.45) is 0 Å². The van der Waals surface area contributed by atoms with Gasteiger partial charge in [-0.05, 0) is 36.8 Å². The highest BCUT2D eigenvalue weighted by Gasteiger charge is 2.28. The van der Waals surface area contributed by atoms with E-state index in [0.29, 0.717) is 5.75 Å².